The Hall–Kier alpha value is -2.45. The second-order valence-corrected chi connectivity index (χ2v) is 8.34. The largest absolute Gasteiger partial charge is 0.379 e. The summed E-state index contributed by atoms with van der Waals surface area (Å²) < 4.78 is 7.11. The minimum Gasteiger partial charge on any atom is -0.379 e. The average molecular weight is 397 g/mol. The molecule has 0 saturated carbocycles. The molecule has 2 aromatic rings. The van der Waals surface area contributed by atoms with E-state index in [0.717, 1.165) is 64.3 Å². The number of likely N-dealkylation sites (tertiary alicyclic amines) is 2. The summed E-state index contributed by atoms with van der Waals surface area (Å²) in [7, 11) is 0. The Labute approximate surface area is 170 Å². The van der Waals surface area contributed by atoms with Gasteiger partial charge in [-0.25, -0.2) is 4.52 Å². The lowest BCUT2D eigenvalue weighted by atomic mass is 9.85. The second-order valence-electron chi connectivity index (χ2n) is 8.34. The fraction of sp³-hybridized carbons (Fsp3) is 0.571. The quantitative estimate of drug-likeness (QED) is 0.761. The number of nitrogens with zero attached hydrogens (tertiary/aromatic N) is 5. The van der Waals surface area contributed by atoms with E-state index in [0.29, 0.717) is 18.7 Å². The van der Waals surface area contributed by atoms with E-state index in [1.165, 1.54) is 0 Å². The highest BCUT2D eigenvalue weighted by Crippen LogP contribution is 2.41. The summed E-state index contributed by atoms with van der Waals surface area (Å²) in [6, 6.07) is 5.70. The monoisotopic (exact) mass is 397 g/mol. The number of carbonyl (C=O) groups is 2. The van der Waals surface area contributed by atoms with Gasteiger partial charge < -0.3 is 14.5 Å². The topological polar surface area (TPSA) is 70.4 Å². The minimum absolute atomic E-state index is 0.0253. The average Bonchev–Trinajstić information content (AvgIpc) is 3.46. The summed E-state index contributed by atoms with van der Waals surface area (Å²) in [4.78, 5) is 32.5. The molecule has 1 atom stereocenters. The maximum Gasteiger partial charge on any atom is 0.257 e. The van der Waals surface area contributed by atoms with Crippen molar-refractivity contribution in [2.45, 2.75) is 12.8 Å². The molecule has 5 heterocycles. The number of amides is 2. The molecule has 29 heavy (non-hydrogen) atoms. The fourth-order valence-electron chi connectivity index (χ4n) is 4.89. The molecule has 8 heteroatoms. The van der Waals surface area contributed by atoms with Gasteiger partial charge >= 0.3 is 0 Å². The van der Waals surface area contributed by atoms with Crippen LogP contribution in [0.25, 0.3) is 5.52 Å². The van der Waals surface area contributed by atoms with E-state index in [1.54, 1.807) is 10.7 Å². The van der Waals surface area contributed by atoms with Crippen molar-refractivity contribution in [2.24, 2.45) is 5.41 Å². The first kappa shape index (κ1) is 18.6. The van der Waals surface area contributed by atoms with Crippen molar-refractivity contribution >= 4 is 17.3 Å². The third-order valence-electron chi connectivity index (χ3n) is 6.69. The summed E-state index contributed by atoms with van der Waals surface area (Å²) in [6.07, 6.45) is 5.07. The normalized spacial score (nSPS) is 25.6. The highest BCUT2D eigenvalue weighted by molar-refractivity contribution is 6.01. The van der Waals surface area contributed by atoms with Crippen LogP contribution in [-0.2, 0) is 9.53 Å². The molecule has 3 saturated heterocycles. The third kappa shape index (κ3) is 3.30. The molecule has 2 amide bonds. The van der Waals surface area contributed by atoms with Crippen molar-refractivity contribution in [3.8, 4) is 0 Å². The van der Waals surface area contributed by atoms with Gasteiger partial charge in [0, 0.05) is 52.0 Å². The summed E-state index contributed by atoms with van der Waals surface area (Å²) in [6.45, 7) is 7.04. The smallest absolute Gasteiger partial charge is 0.257 e. The van der Waals surface area contributed by atoms with Crippen LogP contribution < -0.4 is 0 Å². The molecule has 3 fully saturated rings. The van der Waals surface area contributed by atoms with Crippen LogP contribution in [0.1, 0.15) is 23.2 Å². The molecule has 0 bridgehead atoms. The van der Waals surface area contributed by atoms with E-state index in [4.69, 9.17) is 4.74 Å². The van der Waals surface area contributed by atoms with Crippen LogP contribution in [0.4, 0.5) is 0 Å². The molecule has 3 aliphatic heterocycles. The van der Waals surface area contributed by atoms with E-state index >= 15 is 0 Å². The Balaban J connectivity index is 1.24. The lowest BCUT2D eigenvalue weighted by Gasteiger charge is -2.29. The number of hydrogen-bond acceptors (Lipinski definition) is 5. The van der Waals surface area contributed by atoms with Gasteiger partial charge in [0.1, 0.15) is 0 Å². The van der Waals surface area contributed by atoms with Crippen molar-refractivity contribution < 1.29 is 14.3 Å². The van der Waals surface area contributed by atoms with Gasteiger partial charge in [-0.3, -0.25) is 14.5 Å². The number of morpholine rings is 1. The van der Waals surface area contributed by atoms with Gasteiger partial charge in [0.25, 0.3) is 5.91 Å². The van der Waals surface area contributed by atoms with Gasteiger partial charge in [0.2, 0.25) is 5.91 Å². The molecular weight excluding hydrogens is 370 g/mol. The fourth-order valence-corrected chi connectivity index (χ4v) is 4.89. The van der Waals surface area contributed by atoms with Crippen LogP contribution >= 0.6 is 0 Å². The van der Waals surface area contributed by atoms with Crippen molar-refractivity contribution in [1.29, 1.82) is 0 Å². The molecule has 0 N–H and O–H groups in total. The lowest BCUT2D eigenvalue weighted by Crippen LogP contribution is -2.43. The summed E-state index contributed by atoms with van der Waals surface area (Å²) in [5.41, 5.74) is 1.02. The van der Waals surface area contributed by atoms with Gasteiger partial charge in [-0.1, -0.05) is 6.07 Å². The van der Waals surface area contributed by atoms with Gasteiger partial charge in [0.15, 0.2) is 0 Å². The first-order valence-electron chi connectivity index (χ1n) is 10.5. The lowest BCUT2D eigenvalue weighted by molar-refractivity contribution is -0.135. The molecule has 5 rings (SSSR count). The number of rotatable bonds is 4. The van der Waals surface area contributed by atoms with Crippen LogP contribution in [0.3, 0.4) is 0 Å². The maximum absolute atomic E-state index is 13.2. The Morgan fingerprint density at radius 2 is 1.93 bits per heavy atom. The minimum atomic E-state index is -0.399. The Morgan fingerprint density at radius 3 is 2.79 bits per heavy atom. The van der Waals surface area contributed by atoms with Crippen LogP contribution in [0.15, 0.2) is 30.6 Å². The van der Waals surface area contributed by atoms with Crippen molar-refractivity contribution in [2.75, 3.05) is 59.0 Å². The molecule has 0 aliphatic carbocycles. The zero-order chi connectivity index (χ0) is 19.8. The number of fused-ring (bicyclic) bond motifs is 1. The summed E-state index contributed by atoms with van der Waals surface area (Å²) in [5, 5.41) is 4.28. The second kappa shape index (κ2) is 7.42. The van der Waals surface area contributed by atoms with Gasteiger partial charge in [-0.2, -0.15) is 5.10 Å². The molecule has 0 aromatic carbocycles. The highest BCUT2D eigenvalue weighted by atomic mass is 16.5. The molecule has 0 radical (unpaired) electrons. The van der Waals surface area contributed by atoms with Crippen LogP contribution in [-0.4, -0.2) is 95.2 Å². The van der Waals surface area contributed by atoms with Crippen molar-refractivity contribution in [3.05, 3.63) is 36.2 Å². The predicted molar refractivity (Wildman–Crippen MR) is 107 cm³/mol. The number of pyridine rings is 1. The number of carbonyl (C=O) groups excluding carboxylic acids is 2. The molecular formula is C21H27N5O3. The van der Waals surface area contributed by atoms with E-state index in [-0.39, 0.29) is 11.8 Å². The zero-order valence-corrected chi connectivity index (χ0v) is 16.6. The van der Waals surface area contributed by atoms with E-state index in [9.17, 15) is 9.59 Å². The third-order valence-corrected chi connectivity index (χ3v) is 6.69. The van der Waals surface area contributed by atoms with E-state index in [2.05, 4.69) is 10.00 Å². The molecule has 2 aromatic heterocycles. The molecule has 154 valence electrons. The summed E-state index contributed by atoms with van der Waals surface area (Å²) >= 11 is 0. The van der Waals surface area contributed by atoms with Gasteiger partial charge in [-0.05, 0) is 25.0 Å². The zero-order valence-electron chi connectivity index (χ0n) is 16.6. The van der Waals surface area contributed by atoms with Crippen LogP contribution in [0.2, 0.25) is 0 Å². The Kier molecular flexibility index (Phi) is 4.75. The molecule has 1 unspecified atom stereocenters. The van der Waals surface area contributed by atoms with E-state index in [1.807, 2.05) is 34.2 Å². The molecule has 1 spiro atoms. The van der Waals surface area contributed by atoms with Gasteiger partial charge in [0.05, 0.1) is 35.9 Å². The number of hydrogen-bond donors (Lipinski definition) is 0. The standard InChI is InChI=1S/C21H27N5O3/c27-19(17-15-22-26-6-2-1-3-18(17)26)25-8-5-21(16-25)4-7-24(20(21)28)10-9-23-11-13-29-14-12-23/h1-3,6,15H,4-5,7-14,16H2. The summed E-state index contributed by atoms with van der Waals surface area (Å²) in [5.74, 6) is 0.198. The SMILES string of the molecule is O=C(c1cnn2ccccc12)N1CCC2(CCN(CCN3CCOCC3)C2=O)C1. The maximum atomic E-state index is 13.2. The van der Waals surface area contributed by atoms with Crippen molar-refractivity contribution in [1.82, 2.24) is 24.3 Å². The Morgan fingerprint density at radius 1 is 1.10 bits per heavy atom. The van der Waals surface area contributed by atoms with Crippen molar-refractivity contribution in [3.63, 3.8) is 0 Å². The number of ether oxygens (including phenoxy) is 1. The van der Waals surface area contributed by atoms with Gasteiger partial charge in [-0.15, -0.1) is 0 Å². The highest BCUT2D eigenvalue weighted by Gasteiger charge is 2.51. The van der Waals surface area contributed by atoms with E-state index < -0.39 is 5.41 Å². The molecule has 3 aliphatic rings. The number of aromatic nitrogens is 2. The Bertz CT molecular complexity index is 922. The predicted octanol–water partition coefficient (Wildman–Crippen LogP) is 0.731. The van der Waals surface area contributed by atoms with Crippen LogP contribution in [0.5, 0.6) is 0 Å². The molecule has 8 nitrogen and oxygen atoms in total. The van der Waals surface area contributed by atoms with Crippen LogP contribution in [0, 0.1) is 5.41 Å². The first-order valence-corrected chi connectivity index (χ1v) is 10.5. The first-order chi connectivity index (χ1) is 14.2.